The number of rotatable bonds is 6. The molecule has 0 spiro atoms. The summed E-state index contributed by atoms with van der Waals surface area (Å²) in [5.74, 6) is 0.178. The normalized spacial score (nSPS) is 15.0. The Kier molecular flexibility index (Phi) is 5.82. The Morgan fingerprint density at radius 2 is 1.89 bits per heavy atom. The van der Waals surface area contributed by atoms with Crippen molar-refractivity contribution < 1.29 is 4.39 Å². The summed E-state index contributed by atoms with van der Waals surface area (Å²) in [5.41, 5.74) is 0.713. The summed E-state index contributed by atoms with van der Waals surface area (Å²) in [6.45, 7) is 11.7. The van der Waals surface area contributed by atoms with Crippen molar-refractivity contribution in [1.29, 1.82) is 0 Å². The van der Waals surface area contributed by atoms with Crippen LogP contribution in [0, 0.1) is 17.2 Å². The number of nitrogens with one attached hydrogen (secondary N) is 1. The standard InChI is InChI=1S/C16H25ClFN/c1-11(2)16(5,10-19-12(3)4)9-13-7-6-8-14(17)15(13)18/h6-8,11-12,19H,9-10H2,1-5H3. The molecule has 0 amide bonds. The van der Waals surface area contributed by atoms with E-state index in [0.29, 0.717) is 23.9 Å². The van der Waals surface area contributed by atoms with Gasteiger partial charge in [0.15, 0.2) is 0 Å². The van der Waals surface area contributed by atoms with Gasteiger partial charge in [0.05, 0.1) is 5.02 Å². The van der Waals surface area contributed by atoms with Crippen LogP contribution in [0.4, 0.5) is 4.39 Å². The molecule has 0 aliphatic heterocycles. The second-order valence-electron chi connectivity index (χ2n) is 6.23. The zero-order valence-electron chi connectivity index (χ0n) is 12.6. The lowest BCUT2D eigenvalue weighted by Gasteiger charge is -2.35. The average Bonchev–Trinajstić information content (AvgIpc) is 2.32. The van der Waals surface area contributed by atoms with Crippen LogP contribution in [0.1, 0.15) is 40.2 Å². The van der Waals surface area contributed by atoms with Gasteiger partial charge in [-0.2, -0.15) is 0 Å². The summed E-state index contributed by atoms with van der Waals surface area (Å²) in [7, 11) is 0. The van der Waals surface area contributed by atoms with Crippen molar-refractivity contribution >= 4 is 11.6 Å². The Morgan fingerprint density at radius 1 is 1.26 bits per heavy atom. The quantitative estimate of drug-likeness (QED) is 0.800. The topological polar surface area (TPSA) is 12.0 Å². The monoisotopic (exact) mass is 285 g/mol. The van der Waals surface area contributed by atoms with Crippen LogP contribution in [0.5, 0.6) is 0 Å². The molecular formula is C16H25ClFN. The molecule has 0 aliphatic carbocycles. The van der Waals surface area contributed by atoms with Crippen molar-refractivity contribution in [3.8, 4) is 0 Å². The zero-order valence-corrected chi connectivity index (χ0v) is 13.3. The zero-order chi connectivity index (χ0) is 14.6. The van der Waals surface area contributed by atoms with Crippen molar-refractivity contribution in [3.63, 3.8) is 0 Å². The van der Waals surface area contributed by atoms with E-state index in [-0.39, 0.29) is 16.3 Å². The van der Waals surface area contributed by atoms with Gasteiger partial charge in [-0.25, -0.2) is 4.39 Å². The fourth-order valence-corrected chi connectivity index (χ4v) is 2.22. The van der Waals surface area contributed by atoms with Gasteiger partial charge in [-0.05, 0) is 29.4 Å². The lowest BCUT2D eigenvalue weighted by Crippen LogP contribution is -2.40. The first-order valence-electron chi connectivity index (χ1n) is 6.92. The highest BCUT2D eigenvalue weighted by atomic mass is 35.5. The SMILES string of the molecule is CC(C)NCC(C)(Cc1cccc(Cl)c1F)C(C)C. The van der Waals surface area contributed by atoms with Gasteiger partial charge in [0.1, 0.15) is 5.82 Å². The van der Waals surface area contributed by atoms with Crippen LogP contribution in [-0.4, -0.2) is 12.6 Å². The van der Waals surface area contributed by atoms with E-state index in [9.17, 15) is 4.39 Å². The molecule has 0 bridgehead atoms. The predicted octanol–water partition coefficient (Wildman–Crippen LogP) is 4.68. The highest BCUT2D eigenvalue weighted by Gasteiger charge is 2.30. The third-order valence-electron chi connectivity index (χ3n) is 3.93. The maximum Gasteiger partial charge on any atom is 0.144 e. The van der Waals surface area contributed by atoms with Gasteiger partial charge in [0.2, 0.25) is 0 Å². The molecule has 1 nitrogen and oxygen atoms in total. The molecular weight excluding hydrogens is 261 g/mol. The predicted molar refractivity (Wildman–Crippen MR) is 81.2 cm³/mol. The van der Waals surface area contributed by atoms with Crippen LogP contribution in [0.25, 0.3) is 0 Å². The number of hydrogen-bond acceptors (Lipinski definition) is 1. The van der Waals surface area contributed by atoms with Crippen LogP contribution < -0.4 is 5.32 Å². The second-order valence-corrected chi connectivity index (χ2v) is 6.64. The number of halogens is 2. The smallest absolute Gasteiger partial charge is 0.144 e. The molecule has 1 atom stereocenters. The highest BCUT2D eigenvalue weighted by molar-refractivity contribution is 6.30. The van der Waals surface area contributed by atoms with Gasteiger partial charge in [-0.1, -0.05) is 58.4 Å². The van der Waals surface area contributed by atoms with Gasteiger partial charge in [-0.3, -0.25) is 0 Å². The van der Waals surface area contributed by atoms with E-state index >= 15 is 0 Å². The molecule has 0 fully saturated rings. The molecule has 108 valence electrons. The average molecular weight is 286 g/mol. The Balaban J connectivity index is 2.92. The molecule has 0 saturated heterocycles. The molecule has 0 saturated carbocycles. The summed E-state index contributed by atoms with van der Waals surface area (Å²) in [6.07, 6.45) is 0.691. The third-order valence-corrected chi connectivity index (χ3v) is 4.23. The minimum absolute atomic E-state index is 0.00971. The van der Waals surface area contributed by atoms with Gasteiger partial charge in [-0.15, -0.1) is 0 Å². The molecule has 0 heterocycles. The van der Waals surface area contributed by atoms with Gasteiger partial charge < -0.3 is 5.32 Å². The number of benzene rings is 1. The molecule has 0 aliphatic rings. The number of hydrogen-bond donors (Lipinski definition) is 1. The van der Waals surface area contributed by atoms with E-state index < -0.39 is 0 Å². The van der Waals surface area contributed by atoms with E-state index in [2.05, 4.69) is 39.9 Å². The van der Waals surface area contributed by atoms with Crippen molar-refractivity contribution in [1.82, 2.24) is 5.32 Å². The summed E-state index contributed by atoms with van der Waals surface area (Å²) in [6, 6.07) is 5.68. The summed E-state index contributed by atoms with van der Waals surface area (Å²) >= 11 is 5.86. The van der Waals surface area contributed by atoms with Crippen molar-refractivity contribution in [2.75, 3.05) is 6.54 Å². The van der Waals surface area contributed by atoms with Gasteiger partial charge >= 0.3 is 0 Å². The molecule has 1 aromatic carbocycles. The molecule has 3 heteroatoms. The van der Waals surface area contributed by atoms with Crippen LogP contribution in [0.3, 0.4) is 0 Å². The molecule has 1 rings (SSSR count). The molecule has 0 radical (unpaired) electrons. The molecule has 19 heavy (non-hydrogen) atoms. The maximum atomic E-state index is 14.0. The molecule has 1 unspecified atom stereocenters. The van der Waals surface area contributed by atoms with E-state index in [4.69, 9.17) is 11.6 Å². The van der Waals surface area contributed by atoms with Gasteiger partial charge in [0.25, 0.3) is 0 Å². The fraction of sp³-hybridized carbons (Fsp3) is 0.625. The molecule has 1 N–H and O–H groups in total. The van der Waals surface area contributed by atoms with Crippen LogP contribution in [0.2, 0.25) is 5.02 Å². The first-order valence-corrected chi connectivity index (χ1v) is 7.30. The maximum absolute atomic E-state index is 14.0. The summed E-state index contributed by atoms with van der Waals surface area (Å²) < 4.78 is 14.0. The van der Waals surface area contributed by atoms with E-state index in [1.54, 1.807) is 6.07 Å². The van der Waals surface area contributed by atoms with Crippen LogP contribution >= 0.6 is 11.6 Å². The van der Waals surface area contributed by atoms with E-state index in [1.807, 2.05) is 12.1 Å². The van der Waals surface area contributed by atoms with Crippen LogP contribution in [0.15, 0.2) is 18.2 Å². The van der Waals surface area contributed by atoms with Crippen molar-refractivity contribution in [2.45, 2.75) is 47.1 Å². The van der Waals surface area contributed by atoms with Crippen LogP contribution in [-0.2, 0) is 6.42 Å². The van der Waals surface area contributed by atoms with Gasteiger partial charge in [0, 0.05) is 12.6 Å². The Bertz CT molecular complexity index is 417. The fourth-order valence-electron chi connectivity index (χ4n) is 2.03. The largest absolute Gasteiger partial charge is 0.314 e. The minimum atomic E-state index is -0.277. The molecule has 0 aromatic heterocycles. The highest BCUT2D eigenvalue weighted by Crippen LogP contribution is 2.33. The van der Waals surface area contributed by atoms with Crippen molar-refractivity contribution in [3.05, 3.63) is 34.6 Å². The minimum Gasteiger partial charge on any atom is -0.314 e. The summed E-state index contributed by atoms with van der Waals surface area (Å²) in [4.78, 5) is 0. The second kappa shape index (κ2) is 6.71. The Labute approximate surface area is 121 Å². The lowest BCUT2D eigenvalue weighted by atomic mass is 9.74. The van der Waals surface area contributed by atoms with E-state index in [0.717, 1.165) is 6.54 Å². The lowest BCUT2D eigenvalue weighted by molar-refractivity contribution is 0.200. The Hall–Kier alpha value is -0.600. The van der Waals surface area contributed by atoms with Crippen molar-refractivity contribution in [2.24, 2.45) is 11.3 Å². The third kappa shape index (κ3) is 4.47. The van der Waals surface area contributed by atoms with E-state index in [1.165, 1.54) is 0 Å². The molecule has 1 aromatic rings. The summed E-state index contributed by atoms with van der Waals surface area (Å²) in [5, 5.41) is 3.68. The Morgan fingerprint density at radius 3 is 2.42 bits per heavy atom. The first-order chi connectivity index (χ1) is 8.76. The first kappa shape index (κ1) is 16.5.